The van der Waals surface area contributed by atoms with Gasteiger partial charge in [-0.25, -0.2) is 9.37 Å². The zero-order chi connectivity index (χ0) is 11.4. The van der Waals surface area contributed by atoms with Gasteiger partial charge in [0.2, 0.25) is 5.95 Å². The van der Waals surface area contributed by atoms with Crippen LogP contribution in [0.2, 0.25) is 0 Å². The molecule has 5 heteroatoms. The second-order valence-corrected chi connectivity index (χ2v) is 3.19. The Labute approximate surface area is 86.7 Å². The van der Waals surface area contributed by atoms with E-state index in [1.807, 2.05) is 6.92 Å². The first-order chi connectivity index (χ1) is 7.07. The van der Waals surface area contributed by atoms with E-state index in [1.165, 1.54) is 11.0 Å². The summed E-state index contributed by atoms with van der Waals surface area (Å²) in [6.45, 7) is 2.40. The lowest BCUT2D eigenvalue weighted by atomic mass is 10.2. The van der Waals surface area contributed by atoms with E-state index in [2.05, 4.69) is 4.98 Å². The minimum atomic E-state index is -1.24. The largest absolute Gasteiger partial charge is 0.342 e. The number of halogens is 2. The highest BCUT2D eigenvalue weighted by Crippen LogP contribution is 2.11. The van der Waals surface area contributed by atoms with Crippen LogP contribution in [0.3, 0.4) is 0 Å². The summed E-state index contributed by atoms with van der Waals surface area (Å²) in [5.41, 5.74) is -0.279. The minimum Gasteiger partial charge on any atom is -0.342 e. The second-order valence-electron chi connectivity index (χ2n) is 3.19. The fourth-order valence-electron chi connectivity index (χ4n) is 1.23. The van der Waals surface area contributed by atoms with Crippen LogP contribution in [0.25, 0.3) is 0 Å². The minimum absolute atomic E-state index is 0.279. The van der Waals surface area contributed by atoms with E-state index in [-0.39, 0.29) is 5.56 Å². The lowest BCUT2D eigenvalue weighted by Gasteiger charge is -2.16. The predicted molar refractivity (Wildman–Crippen MR) is 51.4 cm³/mol. The predicted octanol–water partition coefficient (Wildman–Crippen LogP) is 1.84. The Morgan fingerprint density at radius 1 is 1.53 bits per heavy atom. The maximum atomic E-state index is 13.2. The van der Waals surface area contributed by atoms with Gasteiger partial charge in [-0.05, 0) is 12.5 Å². The molecule has 0 aliphatic rings. The van der Waals surface area contributed by atoms with Crippen LogP contribution >= 0.6 is 0 Å². The van der Waals surface area contributed by atoms with Crippen LogP contribution in [-0.2, 0) is 0 Å². The van der Waals surface area contributed by atoms with Crippen LogP contribution in [0.15, 0.2) is 12.3 Å². The average Bonchev–Trinajstić information content (AvgIpc) is 2.21. The summed E-state index contributed by atoms with van der Waals surface area (Å²) < 4.78 is 25.9. The molecule has 0 saturated heterocycles. The number of nitrogens with zero attached hydrogens (tertiary/aromatic N) is 2. The van der Waals surface area contributed by atoms with Crippen molar-refractivity contribution in [1.29, 1.82) is 0 Å². The first kappa shape index (κ1) is 11.6. The molecular weight excluding hydrogens is 202 g/mol. The molecule has 0 N–H and O–H groups in total. The molecular formula is C10H12F2N2O. The molecule has 15 heavy (non-hydrogen) atoms. The van der Waals surface area contributed by atoms with E-state index in [0.717, 1.165) is 12.6 Å². The van der Waals surface area contributed by atoms with E-state index < -0.39 is 17.7 Å². The molecule has 1 heterocycles. The number of rotatable bonds is 3. The average molecular weight is 214 g/mol. The van der Waals surface area contributed by atoms with E-state index in [4.69, 9.17) is 0 Å². The smallest absolute Gasteiger partial charge is 0.256 e. The first-order valence-electron chi connectivity index (χ1n) is 4.63. The summed E-state index contributed by atoms with van der Waals surface area (Å²) in [6, 6.07) is 1.17. The molecule has 0 radical (unpaired) electrons. The van der Waals surface area contributed by atoms with Crippen molar-refractivity contribution in [3.63, 3.8) is 0 Å². The highest BCUT2D eigenvalue weighted by Gasteiger charge is 2.18. The van der Waals surface area contributed by atoms with Crippen molar-refractivity contribution in [3.05, 3.63) is 29.6 Å². The van der Waals surface area contributed by atoms with Crippen LogP contribution in [-0.4, -0.2) is 29.4 Å². The van der Waals surface area contributed by atoms with Gasteiger partial charge < -0.3 is 4.90 Å². The molecule has 0 unspecified atom stereocenters. The molecule has 0 spiro atoms. The molecule has 3 nitrogen and oxygen atoms in total. The van der Waals surface area contributed by atoms with Crippen molar-refractivity contribution < 1.29 is 13.6 Å². The molecule has 0 aliphatic carbocycles. The summed E-state index contributed by atoms with van der Waals surface area (Å²) in [5, 5.41) is 0. The van der Waals surface area contributed by atoms with Gasteiger partial charge in [0.25, 0.3) is 5.91 Å². The molecule has 0 aromatic carbocycles. The number of carbonyl (C=O) groups is 1. The number of pyridine rings is 1. The van der Waals surface area contributed by atoms with Crippen LogP contribution in [0, 0.1) is 11.8 Å². The van der Waals surface area contributed by atoms with Crippen molar-refractivity contribution in [2.75, 3.05) is 13.6 Å². The molecule has 1 aromatic rings. The summed E-state index contributed by atoms with van der Waals surface area (Å²) in [4.78, 5) is 16.1. The van der Waals surface area contributed by atoms with E-state index in [0.29, 0.717) is 6.54 Å². The molecule has 1 aromatic heterocycles. The molecule has 0 fully saturated rings. The number of hydrogen-bond donors (Lipinski definition) is 0. The zero-order valence-electron chi connectivity index (χ0n) is 8.63. The van der Waals surface area contributed by atoms with Gasteiger partial charge in [0, 0.05) is 19.8 Å². The third kappa shape index (κ3) is 2.49. The number of carbonyl (C=O) groups excluding carboxylic acids is 1. The van der Waals surface area contributed by atoms with Crippen molar-refractivity contribution in [2.24, 2.45) is 0 Å². The van der Waals surface area contributed by atoms with E-state index in [1.54, 1.807) is 7.05 Å². The Morgan fingerprint density at radius 2 is 2.20 bits per heavy atom. The number of amides is 1. The Hall–Kier alpha value is -1.52. The fraction of sp³-hybridized carbons (Fsp3) is 0.400. The zero-order valence-corrected chi connectivity index (χ0v) is 8.63. The van der Waals surface area contributed by atoms with Gasteiger partial charge in [-0.15, -0.1) is 0 Å². The standard InChI is InChI=1S/C10H12F2N2O/c1-3-6-14(2)10(15)7-4-5-13-9(12)8(7)11/h4-5H,3,6H2,1-2H3. The quantitative estimate of drug-likeness (QED) is 0.719. The first-order valence-corrected chi connectivity index (χ1v) is 4.63. The normalized spacial score (nSPS) is 10.1. The molecule has 0 bridgehead atoms. The van der Waals surface area contributed by atoms with Crippen LogP contribution in [0.1, 0.15) is 23.7 Å². The Bertz CT molecular complexity index is 368. The van der Waals surface area contributed by atoms with Gasteiger partial charge in [0.15, 0.2) is 5.82 Å². The maximum absolute atomic E-state index is 13.2. The van der Waals surface area contributed by atoms with Gasteiger partial charge in [0.1, 0.15) is 0 Å². The molecule has 0 saturated carbocycles. The van der Waals surface area contributed by atoms with Crippen molar-refractivity contribution >= 4 is 5.91 Å². The van der Waals surface area contributed by atoms with Gasteiger partial charge >= 0.3 is 0 Å². The van der Waals surface area contributed by atoms with E-state index in [9.17, 15) is 13.6 Å². The summed E-state index contributed by atoms with van der Waals surface area (Å²) in [6.07, 6.45) is 1.84. The summed E-state index contributed by atoms with van der Waals surface area (Å²) in [5.74, 6) is -2.97. The third-order valence-corrected chi connectivity index (χ3v) is 1.98. The highest BCUT2D eigenvalue weighted by atomic mass is 19.2. The Morgan fingerprint density at radius 3 is 2.80 bits per heavy atom. The summed E-state index contributed by atoms with van der Waals surface area (Å²) in [7, 11) is 1.55. The Balaban J connectivity index is 2.96. The monoisotopic (exact) mass is 214 g/mol. The highest BCUT2D eigenvalue weighted by molar-refractivity contribution is 5.94. The van der Waals surface area contributed by atoms with Crippen LogP contribution in [0.5, 0.6) is 0 Å². The van der Waals surface area contributed by atoms with Crippen molar-refractivity contribution in [3.8, 4) is 0 Å². The van der Waals surface area contributed by atoms with Crippen molar-refractivity contribution in [1.82, 2.24) is 9.88 Å². The fourth-order valence-corrected chi connectivity index (χ4v) is 1.23. The lowest BCUT2D eigenvalue weighted by Crippen LogP contribution is -2.28. The number of hydrogen-bond acceptors (Lipinski definition) is 2. The SMILES string of the molecule is CCCN(C)C(=O)c1ccnc(F)c1F. The summed E-state index contributed by atoms with van der Waals surface area (Å²) >= 11 is 0. The van der Waals surface area contributed by atoms with Gasteiger partial charge in [-0.1, -0.05) is 6.92 Å². The second kappa shape index (κ2) is 4.82. The molecule has 1 rings (SSSR count). The number of aromatic nitrogens is 1. The maximum Gasteiger partial charge on any atom is 0.256 e. The Kier molecular flexibility index (Phi) is 3.71. The lowest BCUT2D eigenvalue weighted by molar-refractivity contribution is 0.0789. The molecule has 82 valence electrons. The van der Waals surface area contributed by atoms with E-state index >= 15 is 0 Å². The van der Waals surface area contributed by atoms with Crippen LogP contribution < -0.4 is 0 Å². The topological polar surface area (TPSA) is 33.2 Å². The van der Waals surface area contributed by atoms with Gasteiger partial charge in [-0.2, -0.15) is 4.39 Å². The molecule has 0 aliphatic heterocycles. The molecule has 0 atom stereocenters. The van der Waals surface area contributed by atoms with Crippen molar-refractivity contribution in [2.45, 2.75) is 13.3 Å². The van der Waals surface area contributed by atoms with Crippen LogP contribution in [0.4, 0.5) is 8.78 Å². The third-order valence-electron chi connectivity index (χ3n) is 1.98. The van der Waals surface area contributed by atoms with Gasteiger partial charge in [-0.3, -0.25) is 4.79 Å². The molecule has 1 amide bonds. The van der Waals surface area contributed by atoms with Gasteiger partial charge in [0.05, 0.1) is 5.56 Å².